The number of aryl methyl sites for hydroxylation is 1. The lowest BCUT2D eigenvalue weighted by Crippen LogP contribution is -2.21. The minimum Gasteiger partial charge on any atom is -0.477 e. The zero-order valence-electron chi connectivity index (χ0n) is 12.3. The van der Waals surface area contributed by atoms with E-state index in [1.54, 1.807) is 6.07 Å². The molecule has 24 heavy (non-hydrogen) atoms. The number of hydrogen-bond donors (Lipinski definition) is 1. The molecule has 0 saturated carbocycles. The SMILES string of the molecule is Cc1cccc(OCC(=O)Nc2c(F)cc(F)cc2Br)c1[N+](=O)[O-]. The number of amides is 1. The quantitative estimate of drug-likeness (QED) is 0.608. The number of nitro groups is 1. The van der Waals surface area contributed by atoms with E-state index in [0.717, 1.165) is 6.07 Å². The van der Waals surface area contributed by atoms with Gasteiger partial charge in [0.2, 0.25) is 0 Å². The van der Waals surface area contributed by atoms with Crippen molar-refractivity contribution in [2.24, 2.45) is 0 Å². The summed E-state index contributed by atoms with van der Waals surface area (Å²) in [6.07, 6.45) is 0. The number of para-hydroxylation sites is 1. The average molecular weight is 401 g/mol. The monoisotopic (exact) mass is 400 g/mol. The van der Waals surface area contributed by atoms with Gasteiger partial charge in [-0.15, -0.1) is 0 Å². The molecule has 0 bridgehead atoms. The van der Waals surface area contributed by atoms with E-state index in [-0.39, 0.29) is 21.6 Å². The molecule has 2 rings (SSSR count). The Morgan fingerprint density at radius 2 is 2.08 bits per heavy atom. The van der Waals surface area contributed by atoms with Crippen molar-refractivity contribution in [1.82, 2.24) is 0 Å². The molecule has 0 aliphatic carbocycles. The molecule has 0 spiro atoms. The molecule has 0 aliphatic heterocycles. The second kappa shape index (κ2) is 7.35. The lowest BCUT2D eigenvalue weighted by Gasteiger charge is -2.10. The molecule has 1 amide bonds. The number of ether oxygens (including phenoxy) is 1. The van der Waals surface area contributed by atoms with Crippen LogP contribution in [-0.2, 0) is 4.79 Å². The van der Waals surface area contributed by atoms with Gasteiger partial charge in [0.25, 0.3) is 5.91 Å². The summed E-state index contributed by atoms with van der Waals surface area (Å²) in [4.78, 5) is 22.3. The maximum absolute atomic E-state index is 13.6. The zero-order chi connectivity index (χ0) is 17.9. The lowest BCUT2D eigenvalue weighted by atomic mass is 10.2. The molecular weight excluding hydrogens is 390 g/mol. The van der Waals surface area contributed by atoms with Crippen molar-refractivity contribution >= 4 is 33.2 Å². The lowest BCUT2D eigenvalue weighted by molar-refractivity contribution is -0.386. The van der Waals surface area contributed by atoms with Crippen LogP contribution in [0.25, 0.3) is 0 Å². The summed E-state index contributed by atoms with van der Waals surface area (Å²) in [6.45, 7) is 0.962. The summed E-state index contributed by atoms with van der Waals surface area (Å²) in [6, 6.07) is 6.05. The molecule has 0 radical (unpaired) electrons. The van der Waals surface area contributed by atoms with Gasteiger partial charge in [-0.25, -0.2) is 8.78 Å². The summed E-state index contributed by atoms with van der Waals surface area (Å²) < 4.78 is 31.8. The van der Waals surface area contributed by atoms with Gasteiger partial charge in [-0.1, -0.05) is 12.1 Å². The van der Waals surface area contributed by atoms with Crippen molar-refractivity contribution in [1.29, 1.82) is 0 Å². The van der Waals surface area contributed by atoms with Crippen LogP contribution < -0.4 is 10.1 Å². The van der Waals surface area contributed by atoms with Gasteiger partial charge in [0, 0.05) is 16.1 Å². The molecular formula is C15H11BrF2N2O4. The second-order valence-corrected chi connectivity index (χ2v) is 5.61. The van der Waals surface area contributed by atoms with Crippen molar-refractivity contribution in [3.05, 3.63) is 62.1 Å². The molecule has 0 atom stereocenters. The van der Waals surface area contributed by atoms with Gasteiger partial charge < -0.3 is 10.1 Å². The predicted octanol–water partition coefficient (Wildman–Crippen LogP) is 3.96. The smallest absolute Gasteiger partial charge is 0.313 e. The minimum atomic E-state index is -0.961. The first-order valence-electron chi connectivity index (χ1n) is 6.60. The average Bonchev–Trinajstić information content (AvgIpc) is 2.48. The highest BCUT2D eigenvalue weighted by Gasteiger charge is 2.19. The third-order valence-corrected chi connectivity index (χ3v) is 3.64. The molecule has 0 fully saturated rings. The Morgan fingerprint density at radius 3 is 2.71 bits per heavy atom. The van der Waals surface area contributed by atoms with Crippen LogP contribution in [0.2, 0.25) is 0 Å². The van der Waals surface area contributed by atoms with E-state index in [1.165, 1.54) is 19.1 Å². The molecule has 6 nitrogen and oxygen atoms in total. The van der Waals surface area contributed by atoms with Crippen LogP contribution in [0.1, 0.15) is 5.56 Å². The number of benzene rings is 2. The Kier molecular flexibility index (Phi) is 5.45. The Balaban J connectivity index is 2.10. The molecule has 2 aromatic rings. The molecule has 1 N–H and O–H groups in total. The van der Waals surface area contributed by atoms with Gasteiger partial charge in [-0.3, -0.25) is 14.9 Å². The van der Waals surface area contributed by atoms with Gasteiger partial charge in [0.05, 0.1) is 10.6 Å². The van der Waals surface area contributed by atoms with Crippen LogP contribution in [-0.4, -0.2) is 17.4 Å². The largest absolute Gasteiger partial charge is 0.477 e. The number of carbonyl (C=O) groups excluding carboxylic acids is 1. The number of halogens is 3. The number of nitrogens with one attached hydrogen (secondary N) is 1. The molecule has 0 heterocycles. The maximum atomic E-state index is 13.6. The summed E-state index contributed by atoms with van der Waals surface area (Å²) in [5, 5.41) is 13.3. The third-order valence-electron chi connectivity index (χ3n) is 3.01. The fourth-order valence-electron chi connectivity index (χ4n) is 1.96. The molecule has 9 heteroatoms. The van der Waals surface area contributed by atoms with E-state index >= 15 is 0 Å². The van der Waals surface area contributed by atoms with Crippen LogP contribution >= 0.6 is 15.9 Å². The minimum absolute atomic E-state index is 0.0230. The van der Waals surface area contributed by atoms with E-state index in [1.807, 2.05) is 0 Å². The number of rotatable bonds is 5. The summed E-state index contributed by atoms with van der Waals surface area (Å²) >= 11 is 2.94. The van der Waals surface area contributed by atoms with Crippen molar-refractivity contribution in [3.63, 3.8) is 0 Å². The maximum Gasteiger partial charge on any atom is 0.313 e. The Hall–Kier alpha value is -2.55. The Bertz CT molecular complexity index is 791. The first-order chi connectivity index (χ1) is 11.3. The molecule has 2 aromatic carbocycles. The Morgan fingerprint density at radius 1 is 1.38 bits per heavy atom. The first-order valence-corrected chi connectivity index (χ1v) is 7.40. The zero-order valence-corrected chi connectivity index (χ0v) is 13.9. The molecule has 0 unspecified atom stereocenters. The second-order valence-electron chi connectivity index (χ2n) is 4.76. The molecule has 0 aromatic heterocycles. The number of hydrogen-bond acceptors (Lipinski definition) is 4. The van der Waals surface area contributed by atoms with Gasteiger partial charge >= 0.3 is 5.69 Å². The van der Waals surface area contributed by atoms with Crippen LogP contribution in [0.3, 0.4) is 0 Å². The van der Waals surface area contributed by atoms with Crippen LogP contribution in [0.4, 0.5) is 20.2 Å². The molecule has 0 saturated heterocycles. The van der Waals surface area contributed by atoms with Gasteiger partial charge in [0.15, 0.2) is 18.2 Å². The van der Waals surface area contributed by atoms with E-state index in [4.69, 9.17) is 4.74 Å². The number of carbonyl (C=O) groups is 1. The highest BCUT2D eigenvalue weighted by Crippen LogP contribution is 2.30. The van der Waals surface area contributed by atoms with Crippen LogP contribution in [0.15, 0.2) is 34.8 Å². The predicted molar refractivity (Wildman–Crippen MR) is 86.0 cm³/mol. The molecule has 0 aliphatic rings. The number of anilines is 1. The Labute approximate surface area is 143 Å². The van der Waals surface area contributed by atoms with Gasteiger partial charge in [-0.05, 0) is 35.0 Å². The topological polar surface area (TPSA) is 81.5 Å². The van der Waals surface area contributed by atoms with Crippen LogP contribution in [0.5, 0.6) is 5.75 Å². The van der Waals surface area contributed by atoms with Crippen molar-refractivity contribution in [2.45, 2.75) is 6.92 Å². The van der Waals surface area contributed by atoms with E-state index in [0.29, 0.717) is 11.6 Å². The standard InChI is InChI=1S/C15H11BrF2N2O4/c1-8-3-2-4-12(15(8)20(22)23)24-7-13(21)19-14-10(16)5-9(17)6-11(14)18/h2-6H,7H2,1H3,(H,19,21). The highest BCUT2D eigenvalue weighted by atomic mass is 79.9. The van der Waals surface area contributed by atoms with Crippen molar-refractivity contribution < 1.29 is 23.2 Å². The van der Waals surface area contributed by atoms with Gasteiger partial charge in [0.1, 0.15) is 5.82 Å². The summed E-state index contributed by atoms with van der Waals surface area (Å²) in [7, 11) is 0. The van der Waals surface area contributed by atoms with E-state index in [2.05, 4.69) is 21.2 Å². The first kappa shape index (κ1) is 17.8. The van der Waals surface area contributed by atoms with Crippen molar-refractivity contribution in [2.75, 3.05) is 11.9 Å². The fraction of sp³-hybridized carbons (Fsp3) is 0.133. The van der Waals surface area contributed by atoms with Crippen LogP contribution in [0, 0.1) is 28.7 Å². The third kappa shape index (κ3) is 4.05. The summed E-state index contributed by atoms with van der Waals surface area (Å²) in [5.41, 5.74) is -0.117. The number of nitro benzene ring substituents is 1. The normalized spacial score (nSPS) is 10.3. The van der Waals surface area contributed by atoms with E-state index < -0.39 is 29.1 Å². The van der Waals surface area contributed by atoms with E-state index in [9.17, 15) is 23.7 Å². The summed E-state index contributed by atoms with van der Waals surface area (Å²) in [5.74, 6) is -2.59. The fourth-order valence-corrected chi connectivity index (χ4v) is 2.47. The van der Waals surface area contributed by atoms with Gasteiger partial charge in [-0.2, -0.15) is 0 Å². The highest BCUT2D eigenvalue weighted by molar-refractivity contribution is 9.10. The molecule has 126 valence electrons. The van der Waals surface area contributed by atoms with Crippen molar-refractivity contribution in [3.8, 4) is 5.75 Å². The number of nitrogens with zero attached hydrogens (tertiary/aromatic N) is 1.